The molecule has 0 amide bonds. The molecule has 0 unspecified atom stereocenters. The normalized spacial score (nSPS) is 10.9. The van der Waals surface area contributed by atoms with E-state index in [-0.39, 0.29) is 29.8 Å². The van der Waals surface area contributed by atoms with Gasteiger partial charge >= 0.3 is 0 Å². The Morgan fingerprint density at radius 3 is 2.58 bits per heavy atom. The van der Waals surface area contributed by atoms with Gasteiger partial charge < -0.3 is 10.6 Å². The number of aliphatic imine (C=N–C) groups is 1. The molecule has 0 radical (unpaired) electrons. The van der Waals surface area contributed by atoms with E-state index in [1.54, 1.807) is 30.9 Å². The van der Waals surface area contributed by atoms with E-state index in [9.17, 15) is 4.39 Å². The highest BCUT2D eigenvalue weighted by Gasteiger charge is 2.05. The lowest BCUT2D eigenvalue weighted by Gasteiger charge is -2.13. The second-order valence-electron chi connectivity index (χ2n) is 5.04. The molecule has 0 saturated carbocycles. The van der Waals surface area contributed by atoms with E-state index in [0.717, 1.165) is 21.7 Å². The van der Waals surface area contributed by atoms with Crippen molar-refractivity contribution in [3.63, 3.8) is 0 Å². The smallest absolute Gasteiger partial charge is 0.191 e. The Kier molecular flexibility index (Phi) is 9.05. The van der Waals surface area contributed by atoms with Gasteiger partial charge in [0.25, 0.3) is 0 Å². The first kappa shape index (κ1) is 20.7. The summed E-state index contributed by atoms with van der Waals surface area (Å²) in [6.07, 6.45) is 3.82. The van der Waals surface area contributed by atoms with Crippen molar-refractivity contribution in [2.75, 3.05) is 13.3 Å². The molecule has 2 aromatic rings. The molecule has 0 aliphatic rings. The van der Waals surface area contributed by atoms with E-state index in [0.29, 0.717) is 19.0 Å². The van der Waals surface area contributed by atoms with Gasteiger partial charge in [-0.3, -0.25) is 9.98 Å². The molecule has 2 rings (SSSR count). The summed E-state index contributed by atoms with van der Waals surface area (Å²) in [6, 6.07) is 8.83. The number of aromatic nitrogens is 1. The van der Waals surface area contributed by atoms with Gasteiger partial charge in [-0.15, -0.1) is 35.7 Å². The van der Waals surface area contributed by atoms with Crippen LogP contribution >= 0.6 is 35.7 Å². The van der Waals surface area contributed by atoms with Gasteiger partial charge in [-0.25, -0.2) is 4.39 Å². The molecule has 0 atom stereocenters. The molecule has 0 spiro atoms. The second-order valence-corrected chi connectivity index (χ2v) is 5.89. The zero-order valence-electron chi connectivity index (χ0n) is 14.0. The Morgan fingerprint density at radius 2 is 1.96 bits per heavy atom. The highest BCUT2D eigenvalue weighted by Crippen LogP contribution is 2.21. The van der Waals surface area contributed by atoms with Crippen molar-refractivity contribution in [2.24, 2.45) is 4.99 Å². The molecule has 130 valence electrons. The lowest BCUT2D eigenvalue weighted by Crippen LogP contribution is -2.36. The van der Waals surface area contributed by atoms with Gasteiger partial charge in [0, 0.05) is 36.9 Å². The Labute approximate surface area is 163 Å². The Morgan fingerprint density at radius 1 is 1.21 bits per heavy atom. The maximum Gasteiger partial charge on any atom is 0.191 e. The van der Waals surface area contributed by atoms with Crippen LogP contribution in [0.15, 0.2) is 46.4 Å². The number of thioether (sulfide) groups is 1. The van der Waals surface area contributed by atoms with Crippen LogP contribution in [0, 0.1) is 12.7 Å². The SMILES string of the molecule is CN=C(NCc1ccc(C)nc1)NCc1cc(F)ccc1SC.I. The van der Waals surface area contributed by atoms with Crippen LogP contribution in [-0.4, -0.2) is 24.2 Å². The van der Waals surface area contributed by atoms with Gasteiger partial charge in [-0.05, 0) is 48.6 Å². The van der Waals surface area contributed by atoms with Crippen LogP contribution in [0.25, 0.3) is 0 Å². The van der Waals surface area contributed by atoms with Crippen molar-refractivity contribution >= 4 is 41.7 Å². The summed E-state index contributed by atoms with van der Waals surface area (Å²) < 4.78 is 13.4. The summed E-state index contributed by atoms with van der Waals surface area (Å²) in [5.74, 6) is 0.440. The number of hydrogen-bond acceptors (Lipinski definition) is 3. The van der Waals surface area contributed by atoms with Crippen LogP contribution in [-0.2, 0) is 13.1 Å². The van der Waals surface area contributed by atoms with Crippen LogP contribution < -0.4 is 10.6 Å². The molecule has 4 nitrogen and oxygen atoms in total. The Balaban J connectivity index is 0.00000288. The third-order valence-electron chi connectivity index (χ3n) is 3.34. The fourth-order valence-electron chi connectivity index (χ4n) is 2.07. The summed E-state index contributed by atoms with van der Waals surface area (Å²) in [5.41, 5.74) is 2.98. The van der Waals surface area contributed by atoms with Crippen LogP contribution in [0.2, 0.25) is 0 Å². The molecule has 0 bridgehead atoms. The van der Waals surface area contributed by atoms with Crippen LogP contribution in [0.1, 0.15) is 16.8 Å². The standard InChI is InChI=1S/C17H21FN4S.HI/c1-12-4-5-13(9-20-12)10-21-17(19-2)22-11-14-8-15(18)6-7-16(14)23-3;/h4-9H,10-11H2,1-3H3,(H2,19,21,22);1H. The zero-order chi connectivity index (χ0) is 16.7. The van der Waals surface area contributed by atoms with E-state index in [2.05, 4.69) is 20.6 Å². The summed E-state index contributed by atoms with van der Waals surface area (Å²) in [5, 5.41) is 6.43. The van der Waals surface area contributed by atoms with Crippen molar-refractivity contribution in [1.29, 1.82) is 0 Å². The molecule has 1 aromatic heterocycles. The Hall–Kier alpha value is -1.35. The molecule has 0 aliphatic carbocycles. The number of nitrogens with zero attached hydrogens (tertiary/aromatic N) is 2. The third kappa shape index (κ3) is 6.27. The highest BCUT2D eigenvalue weighted by molar-refractivity contribution is 14.0. The average Bonchev–Trinajstić information content (AvgIpc) is 2.56. The topological polar surface area (TPSA) is 49.3 Å². The summed E-state index contributed by atoms with van der Waals surface area (Å²) in [4.78, 5) is 9.50. The van der Waals surface area contributed by atoms with Crippen LogP contribution in [0.3, 0.4) is 0 Å². The molecule has 1 heterocycles. The largest absolute Gasteiger partial charge is 0.352 e. The molecule has 7 heteroatoms. The third-order valence-corrected chi connectivity index (χ3v) is 4.18. The zero-order valence-corrected chi connectivity index (χ0v) is 17.1. The number of pyridine rings is 1. The van der Waals surface area contributed by atoms with Crippen molar-refractivity contribution in [2.45, 2.75) is 24.9 Å². The second kappa shape index (κ2) is 10.5. The quantitative estimate of drug-likeness (QED) is 0.309. The van der Waals surface area contributed by atoms with E-state index in [4.69, 9.17) is 0 Å². The van der Waals surface area contributed by atoms with Gasteiger partial charge in [-0.1, -0.05) is 6.07 Å². The van der Waals surface area contributed by atoms with Gasteiger partial charge in [0.1, 0.15) is 5.82 Å². The number of rotatable bonds is 5. The molecule has 24 heavy (non-hydrogen) atoms. The first-order valence-corrected chi connectivity index (χ1v) is 8.53. The van der Waals surface area contributed by atoms with Gasteiger partial charge in [0.15, 0.2) is 5.96 Å². The van der Waals surface area contributed by atoms with Crippen molar-refractivity contribution in [1.82, 2.24) is 15.6 Å². The number of benzene rings is 1. The van der Waals surface area contributed by atoms with Crippen molar-refractivity contribution in [3.05, 3.63) is 59.2 Å². The minimum Gasteiger partial charge on any atom is -0.352 e. The molecular formula is C17H22FIN4S. The maximum atomic E-state index is 13.4. The fourth-order valence-corrected chi connectivity index (χ4v) is 2.67. The minimum absolute atomic E-state index is 0. The van der Waals surface area contributed by atoms with Crippen LogP contribution in [0.4, 0.5) is 4.39 Å². The molecule has 0 aliphatic heterocycles. The number of nitrogens with one attached hydrogen (secondary N) is 2. The first-order chi connectivity index (χ1) is 11.1. The molecule has 0 fully saturated rings. The predicted octanol–water partition coefficient (Wildman–Crippen LogP) is 3.73. The number of aryl methyl sites for hydroxylation is 1. The van der Waals surface area contributed by atoms with Crippen molar-refractivity contribution < 1.29 is 4.39 Å². The van der Waals surface area contributed by atoms with Crippen molar-refractivity contribution in [3.8, 4) is 0 Å². The van der Waals surface area contributed by atoms with Gasteiger partial charge in [0.2, 0.25) is 0 Å². The maximum absolute atomic E-state index is 13.4. The highest BCUT2D eigenvalue weighted by atomic mass is 127. The lowest BCUT2D eigenvalue weighted by atomic mass is 10.2. The summed E-state index contributed by atoms with van der Waals surface area (Å²) in [7, 11) is 1.71. The molecule has 2 N–H and O–H groups in total. The number of hydrogen-bond donors (Lipinski definition) is 2. The number of halogens is 2. The van der Waals surface area contributed by atoms with E-state index in [1.165, 1.54) is 6.07 Å². The van der Waals surface area contributed by atoms with Gasteiger partial charge in [0.05, 0.1) is 0 Å². The molecule has 0 saturated heterocycles. The average molecular weight is 460 g/mol. The van der Waals surface area contributed by atoms with Crippen LogP contribution in [0.5, 0.6) is 0 Å². The minimum atomic E-state index is -0.228. The predicted molar refractivity (Wildman–Crippen MR) is 110 cm³/mol. The van der Waals surface area contributed by atoms with E-state index < -0.39 is 0 Å². The number of guanidine groups is 1. The monoisotopic (exact) mass is 460 g/mol. The fraction of sp³-hybridized carbons (Fsp3) is 0.294. The lowest BCUT2D eigenvalue weighted by molar-refractivity contribution is 0.622. The molecule has 1 aromatic carbocycles. The summed E-state index contributed by atoms with van der Waals surface area (Å²) in [6.45, 7) is 3.10. The van der Waals surface area contributed by atoms with E-state index in [1.807, 2.05) is 31.5 Å². The van der Waals surface area contributed by atoms with E-state index >= 15 is 0 Å². The van der Waals surface area contributed by atoms with Gasteiger partial charge in [-0.2, -0.15) is 0 Å². The first-order valence-electron chi connectivity index (χ1n) is 7.31. The molecular weight excluding hydrogens is 438 g/mol. The Bertz CT molecular complexity index is 677. The summed E-state index contributed by atoms with van der Waals surface area (Å²) >= 11 is 1.60.